The lowest BCUT2D eigenvalue weighted by molar-refractivity contribution is -0.118. The molecule has 172 valence electrons. The lowest BCUT2D eigenvalue weighted by Crippen LogP contribution is -2.21. The van der Waals surface area contributed by atoms with Crippen LogP contribution < -0.4 is 24.8 Å². The van der Waals surface area contributed by atoms with Gasteiger partial charge in [-0.3, -0.25) is 9.59 Å². The molecule has 0 fully saturated rings. The smallest absolute Gasteiger partial charge is 0.262 e. The van der Waals surface area contributed by atoms with E-state index in [0.717, 1.165) is 5.56 Å². The summed E-state index contributed by atoms with van der Waals surface area (Å²) in [4.78, 5) is 25.1. The zero-order chi connectivity index (χ0) is 23.8. The summed E-state index contributed by atoms with van der Waals surface area (Å²) < 4.78 is 16.5. The summed E-state index contributed by atoms with van der Waals surface area (Å²) in [6, 6.07) is 19.7. The highest BCUT2D eigenvalue weighted by Gasteiger charge is 2.16. The molecule has 3 aromatic rings. The Labute approximate surface area is 193 Å². The molecule has 0 saturated carbocycles. The van der Waals surface area contributed by atoms with Crippen LogP contribution in [0.4, 0.5) is 11.4 Å². The first-order valence-corrected chi connectivity index (χ1v) is 10.6. The lowest BCUT2D eigenvalue weighted by Gasteiger charge is -2.16. The van der Waals surface area contributed by atoms with Crippen LogP contribution in [0.15, 0.2) is 66.7 Å². The summed E-state index contributed by atoms with van der Waals surface area (Å²) in [5.74, 6) is 1.09. The largest absolute Gasteiger partial charge is 0.494 e. The lowest BCUT2D eigenvalue weighted by atomic mass is 10.0. The molecule has 7 heteroatoms. The quantitative estimate of drug-likeness (QED) is 0.476. The van der Waals surface area contributed by atoms with Gasteiger partial charge in [-0.1, -0.05) is 44.2 Å². The third kappa shape index (κ3) is 6.26. The first-order chi connectivity index (χ1) is 15.9. The third-order valence-corrected chi connectivity index (χ3v) is 4.97. The molecule has 3 rings (SSSR count). The SMILES string of the molecule is COc1cc(NC(=O)c2ccccc2)c(OC)cc1NC(=O)COc1cccc(C(C)C)c1. The standard InChI is InChI=1S/C26H28N2O5/c1-17(2)19-11-8-12-20(13-19)33-16-25(29)27-21-14-24(32-4)22(15-23(21)31-3)28-26(30)18-9-6-5-7-10-18/h5-15,17H,16H2,1-4H3,(H,27,29)(H,28,30). The molecule has 0 spiro atoms. The number of hydrogen-bond donors (Lipinski definition) is 2. The number of carbonyl (C=O) groups is 2. The van der Waals surface area contributed by atoms with Crippen molar-refractivity contribution in [2.45, 2.75) is 19.8 Å². The molecule has 0 atom stereocenters. The van der Waals surface area contributed by atoms with Gasteiger partial charge in [0, 0.05) is 17.7 Å². The van der Waals surface area contributed by atoms with Crippen LogP contribution in [0.3, 0.4) is 0 Å². The van der Waals surface area contributed by atoms with Crippen LogP contribution in [0.25, 0.3) is 0 Å². The number of benzene rings is 3. The predicted molar refractivity (Wildman–Crippen MR) is 129 cm³/mol. The molecule has 0 radical (unpaired) electrons. The van der Waals surface area contributed by atoms with Gasteiger partial charge in [-0.05, 0) is 35.7 Å². The molecule has 0 aromatic heterocycles. The van der Waals surface area contributed by atoms with Gasteiger partial charge in [-0.2, -0.15) is 0 Å². The van der Waals surface area contributed by atoms with Crippen molar-refractivity contribution in [1.82, 2.24) is 0 Å². The van der Waals surface area contributed by atoms with Gasteiger partial charge in [-0.25, -0.2) is 0 Å². The predicted octanol–water partition coefficient (Wildman–Crippen LogP) is 5.10. The summed E-state index contributed by atoms with van der Waals surface area (Å²) in [6.07, 6.45) is 0. The van der Waals surface area contributed by atoms with Gasteiger partial charge in [0.1, 0.15) is 17.2 Å². The molecular formula is C26H28N2O5. The summed E-state index contributed by atoms with van der Waals surface area (Å²) >= 11 is 0. The van der Waals surface area contributed by atoms with Gasteiger partial charge in [0.05, 0.1) is 25.6 Å². The van der Waals surface area contributed by atoms with Crippen molar-refractivity contribution in [2.75, 3.05) is 31.5 Å². The Morgan fingerprint density at radius 3 is 2.06 bits per heavy atom. The highest BCUT2D eigenvalue weighted by atomic mass is 16.5. The minimum Gasteiger partial charge on any atom is -0.494 e. The first kappa shape index (κ1) is 23.7. The van der Waals surface area contributed by atoms with Crippen molar-refractivity contribution >= 4 is 23.2 Å². The summed E-state index contributed by atoms with van der Waals surface area (Å²) in [5, 5.41) is 5.59. The second-order valence-electron chi connectivity index (χ2n) is 7.64. The Kier molecular flexibility index (Phi) is 7.91. The van der Waals surface area contributed by atoms with Crippen molar-refractivity contribution < 1.29 is 23.8 Å². The van der Waals surface area contributed by atoms with Crippen molar-refractivity contribution in [1.29, 1.82) is 0 Å². The van der Waals surface area contributed by atoms with Crippen molar-refractivity contribution in [3.05, 3.63) is 77.9 Å². The number of carbonyl (C=O) groups excluding carboxylic acids is 2. The molecule has 33 heavy (non-hydrogen) atoms. The first-order valence-electron chi connectivity index (χ1n) is 10.6. The molecule has 0 saturated heterocycles. The fourth-order valence-electron chi connectivity index (χ4n) is 3.18. The molecule has 0 aliphatic rings. The van der Waals surface area contributed by atoms with Gasteiger partial charge in [-0.15, -0.1) is 0 Å². The minimum absolute atomic E-state index is 0.167. The fraction of sp³-hybridized carbons (Fsp3) is 0.231. The van der Waals surface area contributed by atoms with E-state index in [-0.39, 0.29) is 18.4 Å². The molecular weight excluding hydrogens is 420 g/mol. The van der Waals surface area contributed by atoms with E-state index >= 15 is 0 Å². The van der Waals surface area contributed by atoms with Crippen LogP contribution in [0, 0.1) is 0 Å². The summed E-state index contributed by atoms with van der Waals surface area (Å²) in [6.45, 7) is 4.02. The van der Waals surface area contributed by atoms with Crippen LogP contribution in [-0.2, 0) is 4.79 Å². The highest BCUT2D eigenvalue weighted by Crippen LogP contribution is 2.36. The average molecular weight is 449 g/mol. The Morgan fingerprint density at radius 2 is 1.45 bits per heavy atom. The molecule has 2 amide bonds. The van der Waals surface area contributed by atoms with E-state index < -0.39 is 0 Å². The molecule has 3 aromatic carbocycles. The fourth-order valence-corrected chi connectivity index (χ4v) is 3.18. The Morgan fingerprint density at radius 1 is 0.818 bits per heavy atom. The summed E-state index contributed by atoms with van der Waals surface area (Å²) in [5.41, 5.74) is 2.46. The van der Waals surface area contributed by atoms with E-state index in [1.54, 1.807) is 36.4 Å². The zero-order valence-electron chi connectivity index (χ0n) is 19.2. The number of anilines is 2. The summed E-state index contributed by atoms with van der Waals surface area (Å²) in [7, 11) is 2.96. The van der Waals surface area contributed by atoms with Crippen LogP contribution in [0.1, 0.15) is 35.7 Å². The van der Waals surface area contributed by atoms with Crippen LogP contribution in [-0.4, -0.2) is 32.6 Å². The molecule has 0 aliphatic heterocycles. The number of methoxy groups -OCH3 is 2. The Balaban J connectivity index is 1.71. The number of rotatable bonds is 9. The topological polar surface area (TPSA) is 85.9 Å². The van der Waals surface area contributed by atoms with Crippen LogP contribution in [0.5, 0.6) is 17.2 Å². The second kappa shape index (κ2) is 11.0. The van der Waals surface area contributed by atoms with Crippen molar-refractivity contribution in [3.8, 4) is 17.2 Å². The Bertz CT molecular complexity index is 1110. The minimum atomic E-state index is -0.355. The van der Waals surface area contributed by atoms with E-state index in [1.807, 2.05) is 30.3 Å². The van der Waals surface area contributed by atoms with Gasteiger partial charge >= 0.3 is 0 Å². The van der Waals surface area contributed by atoms with Crippen LogP contribution >= 0.6 is 0 Å². The molecule has 2 N–H and O–H groups in total. The maximum Gasteiger partial charge on any atom is 0.262 e. The highest BCUT2D eigenvalue weighted by molar-refractivity contribution is 6.05. The number of ether oxygens (including phenoxy) is 3. The monoisotopic (exact) mass is 448 g/mol. The second-order valence-corrected chi connectivity index (χ2v) is 7.64. The Hall–Kier alpha value is -4.00. The number of amides is 2. The third-order valence-electron chi connectivity index (χ3n) is 4.97. The number of nitrogens with one attached hydrogen (secondary N) is 2. The molecule has 0 aliphatic carbocycles. The van der Waals surface area contributed by atoms with E-state index in [2.05, 4.69) is 24.5 Å². The van der Waals surface area contributed by atoms with Crippen LogP contribution in [0.2, 0.25) is 0 Å². The van der Waals surface area contributed by atoms with E-state index in [0.29, 0.717) is 40.1 Å². The van der Waals surface area contributed by atoms with Crippen molar-refractivity contribution in [3.63, 3.8) is 0 Å². The molecule has 0 unspecified atom stereocenters. The van der Waals surface area contributed by atoms with E-state index in [9.17, 15) is 9.59 Å². The molecule has 7 nitrogen and oxygen atoms in total. The maximum absolute atomic E-state index is 12.5. The van der Waals surface area contributed by atoms with Gasteiger partial charge in [0.25, 0.3) is 11.8 Å². The zero-order valence-corrected chi connectivity index (χ0v) is 19.2. The number of hydrogen-bond acceptors (Lipinski definition) is 5. The van der Waals surface area contributed by atoms with E-state index in [1.165, 1.54) is 14.2 Å². The maximum atomic E-state index is 12.5. The van der Waals surface area contributed by atoms with E-state index in [4.69, 9.17) is 14.2 Å². The molecule has 0 bridgehead atoms. The average Bonchev–Trinajstić information content (AvgIpc) is 2.84. The normalized spacial score (nSPS) is 10.5. The molecule has 0 heterocycles. The van der Waals surface area contributed by atoms with Gasteiger partial charge in [0.15, 0.2) is 6.61 Å². The van der Waals surface area contributed by atoms with Crippen molar-refractivity contribution in [2.24, 2.45) is 0 Å². The van der Waals surface area contributed by atoms with Gasteiger partial charge in [0.2, 0.25) is 0 Å². The van der Waals surface area contributed by atoms with Gasteiger partial charge < -0.3 is 24.8 Å².